The summed E-state index contributed by atoms with van der Waals surface area (Å²) in [7, 11) is 0. The molecule has 0 heterocycles. The van der Waals surface area contributed by atoms with Crippen molar-refractivity contribution >= 4 is 5.57 Å². The first-order valence-corrected chi connectivity index (χ1v) is 9.98. The van der Waals surface area contributed by atoms with Crippen molar-refractivity contribution in [1.82, 2.24) is 0 Å². The third kappa shape index (κ3) is 11.7. The Labute approximate surface area is 155 Å². The lowest BCUT2D eigenvalue weighted by atomic mass is 9.98. The lowest BCUT2D eigenvalue weighted by Gasteiger charge is -2.08. The van der Waals surface area contributed by atoms with Crippen molar-refractivity contribution in [1.29, 1.82) is 0 Å². The van der Waals surface area contributed by atoms with Gasteiger partial charge < -0.3 is 9.84 Å². The fourth-order valence-corrected chi connectivity index (χ4v) is 2.23. The van der Waals surface area contributed by atoms with Crippen LogP contribution in [0.5, 0.6) is 0 Å². The normalized spacial score (nSPS) is 11.5. The van der Waals surface area contributed by atoms with Crippen molar-refractivity contribution in [2.24, 2.45) is 0 Å². The Kier molecular flexibility index (Phi) is 16.5. The molecule has 0 aliphatic heterocycles. The van der Waals surface area contributed by atoms with Crippen LogP contribution in [-0.4, -0.2) is 18.3 Å². The zero-order valence-electron chi connectivity index (χ0n) is 16.8. The maximum absolute atomic E-state index is 8.37. The molecule has 1 aromatic carbocycles. The Balaban J connectivity index is 0.000000493. The second-order valence-corrected chi connectivity index (χ2v) is 5.87. The molecule has 1 aliphatic rings. The Bertz CT molecular complexity index is 451. The molecule has 0 radical (unpaired) electrons. The molecule has 0 aromatic heterocycles. The summed E-state index contributed by atoms with van der Waals surface area (Å²) in [4.78, 5) is 0. The molecule has 1 N–H and O–H groups in total. The molecule has 0 fully saturated rings. The lowest BCUT2D eigenvalue weighted by Crippen LogP contribution is -1.94. The van der Waals surface area contributed by atoms with E-state index in [1.807, 2.05) is 13.8 Å². The number of rotatable bonds is 10. The maximum atomic E-state index is 8.37. The smallest absolute Gasteiger partial charge is 0.0716 e. The van der Waals surface area contributed by atoms with Crippen LogP contribution in [0.3, 0.4) is 0 Å². The number of unbranched alkanes of at least 4 members (excludes halogenated alkanes) is 4. The Morgan fingerprint density at radius 2 is 1.52 bits per heavy atom. The molecule has 0 amide bonds. The summed E-state index contributed by atoms with van der Waals surface area (Å²) < 4.78 is 5.48. The number of hydrogen-bond donors (Lipinski definition) is 1. The van der Waals surface area contributed by atoms with E-state index in [2.05, 4.69) is 56.3 Å². The first-order chi connectivity index (χ1) is 12.3. The van der Waals surface area contributed by atoms with E-state index >= 15 is 0 Å². The predicted molar refractivity (Wildman–Crippen MR) is 111 cm³/mol. The van der Waals surface area contributed by atoms with Gasteiger partial charge in [-0.3, -0.25) is 0 Å². The molecule has 25 heavy (non-hydrogen) atoms. The first kappa shape index (κ1) is 23.6. The predicted octanol–water partition coefficient (Wildman–Crippen LogP) is 6.54. The Hall–Kier alpha value is -1.38. The SMILES string of the molecule is CC.CCCCCCCO.CCCOCc1ccc(C2=CC=C2)cc1. The van der Waals surface area contributed by atoms with Crippen molar-refractivity contribution < 1.29 is 9.84 Å². The van der Waals surface area contributed by atoms with E-state index in [1.165, 1.54) is 42.4 Å². The van der Waals surface area contributed by atoms with Crippen LogP contribution in [0.25, 0.3) is 5.57 Å². The first-order valence-electron chi connectivity index (χ1n) is 9.98. The van der Waals surface area contributed by atoms with Crippen molar-refractivity contribution in [3.63, 3.8) is 0 Å². The average Bonchev–Trinajstić information content (AvgIpc) is 2.61. The van der Waals surface area contributed by atoms with E-state index in [4.69, 9.17) is 9.84 Å². The molecular weight excluding hydrogens is 308 g/mol. The molecule has 2 rings (SSSR count). The number of hydrogen-bond acceptors (Lipinski definition) is 2. The van der Waals surface area contributed by atoms with E-state index in [0.29, 0.717) is 6.61 Å². The summed E-state index contributed by atoms with van der Waals surface area (Å²) in [5, 5.41) is 8.37. The number of allylic oxidation sites excluding steroid dienone is 4. The minimum absolute atomic E-state index is 0.365. The molecule has 0 saturated heterocycles. The molecule has 0 bridgehead atoms. The highest BCUT2D eigenvalue weighted by Crippen LogP contribution is 2.22. The summed E-state index contributed by atoms with van der Waals surface area (Å²) in [6.45, 7) is 10.2. The molecule has 142 valence electrons. The van der Waals surface area contributed by atoms with Crippen LogP contribution in [0.2, 0.25) is 0 Å². The van der Waals surface area contributed by atoms with Gasteiger partial charge in [0.05, 0.1) is 6.61 Å². The summed E-state index contributed by atoms with van der Waals surface area (Å²) in [6.07, 6.45) is 13.5. The van der Waals surface area contributed by atoms with E-state index < -0.39 is 0 Å². The van der Waals surface area contributed by atoms with Gasteiger partial charge in [-0.1, -0.05) is 95.9 Å². The molecule has 1 aliphatic carbocycles. The molecule has 2 heteroatoms. The monoisotopic (exact) mass is 346 g/mol. The van der Waals surface area contributed by atoms with Crippen LogP contribution >= 0.6 is 0 Å². The van der Waals surface area contributed by atoms with Crippen molar-refractivity contribution in [2.75, 3.05) is 13.2 Å². The van der Waals surface area contributed by atoms with E-state index in [1.54, 1.807) is 0 Å². The van der Waals surface area contributed by atoms with Crippen LogP contribution < -0.4 is 0 Å². The molecule has 0 spiro atoms. The number of aliphatic hydroxyl groups excluding tert-OH is 1. The Morgan fingerprint density at radius 1 is 0.880 bits per heavy atom. The van der Waals surface area contributed by atoms with Gasteiger partial charge >= 0.3 is 0 Å². The molecular formula is C23H38O2. The summed E-state index contributed by atoms with van der Waals surface area (Å²) in [5.41, 5.74) is 3.85. The van der Waals surface area contributed by atoms with E-state index in [9.17, 15) is 0 Å². The fourth-order valence-electron chi connectivity index (χ4n) is 2.23. The second kappa shape index (κ2) is 17.4. The maximum Gasteiger partial charge on any atom is 0.0716 e. The highest BCUT2D eigenvalue weighted by molar-refractivity contribution is 5.80. The molecule has 2 nitrogen and oxygen atoms in total. The average molecular weight is 347 g/mol. The van der Waals surface area contributed by atoms with Gasteiger partial charge in [-0.2, -0.15) is 0 Å². The quantitative estimate of drug-likeness (QED) is 0.487. The zero-order chi connectivity index (χ0) is 18.8. The Morgan fingerprint density at radius 3 is 2.00 bits per heavy atom. The third-order valence-electron chi connectivity index (χ3n) is 3.72. The molecule has 0 atom stereocenters. The van der Waals surface area contributed by atoms with Crippen LogP contribution in [-0.2, 0) is 11.3 Å². The topological polar surface area (TPSA) is 29.5 Å². The van der Waals surface area contributed by atoms with Gasteiger partial charge in [0.25, 0.3) is 0 Å². The van der Waals surface area contributed by atoms with Gasteiger partial charge in [0.1, 0.15) is 0 Å². The third-order valence-corrected chi connectivity index (χ3v) is 3.72. The van der Waals surface area contributed by atoms with Gasteiger partial charge in [-0.05, 0) is 29.5 Å². The van der Waals surface area contributed by atoms with Crippen molar-refractivity contribution in [3.05, 3.63) is 53.6 Å². The van der Waals surface area contributed by atoms with Gasteiger partial charge in [0.2, 0.25) is 0 Å². The van der Waals surface area contributed by atoms with E-state index in [-0.39, 0.29) is 0 Å². The number of aliphatic hydroxyl groups is 1. The zero-order valence-corrected chi connectivity index (χ0v) is 16.8. The largest absolute Gasteiger partial charge is 0.396 e. The molecule has 1 aromatic rings. The standard InChI is InChI=1S/C14H16O.C7H16O.C2H6/c1-2-10-15-11-12-6-8-14(9-7-12)13-4-3-5-13;1-2-3-4-5-6-7-8;1-2/h3-9H,2,10-11H2,1H3;8H,2-7H2,1H3;1-2H3. The highest BCUT2D eigenvalue weighted by atomic mass is 16.5. The lowest BCUT2D eigenvalue weighted by molar-refractivity contribution is 0.121. The fraction of sp³-hybridized carbons (Fsp3) is 0.565. The van der Waals surface area contributed by atoms with Crippen molar-refractivity contribution in [2.45, 2.75) is 72.8 Å². The van der Waals surface area contributed by atoms with Crippen LogP contribution in [0.4, 0.5) is 0 Å². The minimum atomic E-state index is 0.365. The van der Waals surface area contributed by atoms with Gasteiger partial charge in [-0.25, -0.2) is 0 Å². The second-order valence-electron chi connectivity index (χ2n) is 5.87. The van der Waals surface area contributed by atoms with Crippen LogP contribution in [0.1, 0.15) is 77.3 Å². The van der Waals surface area contributed by atoms with E-state index in [0.717, 1.165) is 26.1 Å². The van der Waals surface area contributed by atoms with Crippen LogP contribution in [0, 0.1) is 0 Å². The van der Waals surface area contributed by atoms with Gasteiger partial charge in [0.15, 0.2) is 0 Å². The number of benzene rings is 1. The minimum Gasteiger partial charge on any atom is -0.396 e. The van der Waals surface area contributed by atoms with Crippen molar-refractivity contribution in [3.8, 4) is 0 Å². The highest BCUT2D eigenvalue weighted by Gasteiger charge is 2.01. The van der Waals surface area contributed by atoms with Gasteiger partial charge in [-0.15, -0.1) is 0 Å². The molecule has 0 saturated carbocycles. The van der Waals surface area contributed by atoms with Crippen LogP contribution in [0.15, 0.2) is 42.5 Å². The summed E-state index contributed by atoms with van der Waals surface area (Å²) in [6, 6.07) is 8.58. The summed E-state index contributed by atoms with van der Waals surface area (Å²) in [5.74, 6) is 0. The molecule has 0 unspecified atom stereocenters. The summed E-state index contributed by atoms with van der Waals surface area (Å²) >= 11 is 0. The number of ether oxygens (including phenoxy) is 1. The van der Waals surface area contributed by atoms with Gasteiger partial charge in [0, 0.05) is 13.2 Å².